The second-order valence-electron chi connectivity index (χ2n) is 7.83. The van der Waals surface area contributed by atoms with Gasteiger partial charge in [-0.05, 0) is 60.2 Å². The Morgan fingerprint density at radius 3 is 2.34 bits per heavy atom. The van der Waals surface area contributed by atoms with Crippen molar-refractivity contribution in [3.8, 4) is 11.1 Å². The summed E-state index contributed by atoms with van der Waals surface area (Å²) in [6.07, 6.45) is 2.08. The van der Waals surface area contributed by atoms with E-state index in [4.69, 9.17) is 11.6 Å². The number of carbonyl (C=O) groups excluding carboxylic acids is 1. The van der Waals surface area contributed by atoms with E-state index >= 15 is 0 Å². The van der Waals surface area contributed by atoms with E-state index in [1.165, 1.54) is 16.4 Å². The molecule has 4 rings (SSSR count). The highest BCUT2D eigenvalue weighted by molar-refractivity contribution is 7.89. The minimum Gasteiger partial charge on any atom is -0.355 e. The lowest BCUT2D eigenvalue weighted by molar-refractivity contribution is -0.124. The van der Waals surface area contributed by atoms with Gasteiger partial charge in [-0.15, -0.1) is 0 Å². The molecule has 1 aliphatic heterocycles. The number of sulfonamides is 1. The number of amides is 1. The van der Waals surface area contributed by atoms with Crippen molar-refractivity contribution in [3.05, 3.63) is 89.4 Å². The van der Waals surface area contributed by atoms with Gasteiger partial charge in [-0.2, -0.15) is 4.31 Å². The SMILES string of the molecule is O=C1NCCCC[C@H]1N(Cc1ccccc1-c1ccccc1)S(=O)(=O)c1ccc(Cl)cc1. The minimum absolute atomic E-state index is 0.0914. The molecule has 1 amide bonds. The summed E-state index contributed by atoms with van der Waals surface area (Å²) < 4.78 is 28.9. The van der Waals surface area contributed by atoms with Crippen molar-refractivity contribution in [3.63, 3.8) is 0 Å². The van der Waals surface area contributed by atoms with Crippen LogP contribution in [0.4, 0.5) is 0 Å². The Bertz CT molecular complexity index is 1180. The summed E-state index contributed by atoms with van der Waals surface area (Å²) in [5, 5.41) is 3.33. The quantitative estimate of drug-likeness (QED) is 0.561. The molecule has 1 N–H and O–H groups in total. The van der Waals surface area contributed by atoms with Crippen molar-refractivity contribution in [1.82, 2.24) is 9.62 Å². The average Bonchev–Trinajstić information content (AvgIpc) is 3.02. The molecule has 0 aromatic heterocycles. The summed E-state index contributed by atoms with van der Waals surface area (Å²) in [7, 11) is -3.95. The number of halogens is 1. The molecule has 1 aliphatic rings. The molecule has 0 saturated carbocycles. The Hall–Kier alpha value is -2.67. The van der Waals surface area contributed by atoms with E-state index in [1.807, 2.05) is 54.6 Å². The van der Waals surface area contributed by atoms with Gasteiger partial charge < -0.3 is 5.32 Å². The highest BCUT2D eigenvalue weighted by atomic mass is 35.5. The van der Waals surface area contributed by atoms with Crippen LogP contribution in [0.15, 0.2) is 83.8 Å². The maximum atomic E-state index is 13.8. The third-order valence-corrected chi connectivity index (χ3v) is 7.82. The molecule has 1 atom stereocenters. The van der Waals surface area contributed by atoms with Gasteiger partial charge in [-0.3, -0.25) is 4.79 Å². The molecule has 7 heteroatoms. The zero-order valence-electron chi connectivity index (χ0n) is 17.6. The van der Waals surface area contributed by atoms with Crippen LogP contribution in [0, 0.1) is 0 Å². The van der Waals surface area contributed by atoms with E-state index in [-0.39, 0.29) is 17.3 Å². The second-order valence-corrected chi connectivity index (χ2v) is 10.2. The van der Waals surface area contributed by atoms with E-state index in [2.05, 4.69) is 5.32 Å². The van der Waals surface area contributed by atoms with Crippen LogP contribution < -0.4 is 5.32 Å². The molecule has 0 spiro atoms. The molecule has 5 nitrogen and oxygen atoms in total. The summed E-state index contributed by atoms with van der Waals surface area (Å²) in [5.74, 6) is -0.253. The van der Waals surface area contributed by atoms with Crippen LogP contribution in [0.5, 0.6) is 0 Å². The third kappa shape index (κ3) is 4.88. The fourth-order valence-corrected chi connectivity index (χ4v) is 5.75. The van der Waals surface area contributed by atoms with Crippen LogP contribution in [-0.4, -0.2) is 31.2 Å². The standard InChI is InChI=1S/C25H25ClN2O3S/c26-21-13-15-22(16-14-21)32(30,31)28(24-12-6-7-17-27-25(24)29)18-20-10-4-5-11-23(20)19-8-2-1-3-9-19/h1-5,8-11,13-16,24H,6-7,12,17-18H2,(H,27,29)/t24-/m1/s1. The monoisotopic (exact) mass is 468 g/mol. The van der Waals surface area contributed by atoms with Crippen LogP contribution in [0.3, 0.4) is 0 Å². The zero-order chi connectivity index (χ0) is 22.6. The minimum atomic E-state index is -3.95. The fraction of sp³-hybridized carbons (Fsp3) is 0.240. The van der Waals surface area contributed by atoms with Gasteiger partial charge in [0.05, 0.1) is 4.90 Å². The van der Waals surface area contributed by atoms with Crippen molar-refractivity contribution in [1.29, 1.82) is 0 Å². The van der Waals surface area contributed by atoms with Crippen molar-refractivity contribution in [2.45, 2.75) is 36.7 Å². The van der Waals surface area contributed by atoms with Crippen molar-refractivity contribution >= 4 is 27.5 Å². The predicted octanol–water partition coefficient (Wildman–Crippen LogP) is 4.87. The Kier molecular flexibility index (Phi) is 6.94. The van der Waals surface area contributed by atoms with E-state index in [0.29, 0.717) is 18.0 Å². The van der Waals surface area contributed by atoms with E-state index < -0.39 is 16.1 Å². The largest absolute Gasteiger partial charge is 0.355 e. The maximum absolute atomic E-state index is 13.8. The van der Waals surface area contributed by atoms with Gasteiger partial charge >= 0.3 is 0 Å². The molecule has 166 valence electrons. The Morgan fingerprint density at radius 1 is 0.906 bits per heavy atom. The smallest absolute Gasteiger partial charge is 0.244 e. The summed E-state index contributed by atoms with van der Waals surface area (Å²) >= 11 is 5.98. The summed E-state index contributed by atoms with van der Waals surface area (Å²) in [5.41, 5.74) is 2.78. The van der Waals surface area contributed by atoms with Crippen LogP contribution in [0.25, 0.3) is 11.1 Å². The number of hydrogen-bond acceptors (Lipinski definition) is 3. The molecule has 1 heterocycles. The first-order valence-corrected chi connectivity index (χ1v) is 12.5. The molecule has 0 aliphatic carbocycles. The topological polar surface area (TPSA) is 66.5 Å². The first-order chi connectivity index (χ1) is 15.5. The third-order valence-electron chi connectivity index (χ3n) is 5.70. The number of nitrogens with one attached hydrogen (secondary N) is 1. The molecular formula is C25H25ClN2O3S. The molecule has 0 radical (unpaired) electrons. The lowest BCUT2D eigenvalue weighted by atomic mass is 9.99. The maximum Gasteiger partial charge on any atom is 0.244 e. The van der Waals surface area contributed by atoms with Crippen LogP contribution >= 0.6 is 11.6 Å². The highest BCUT2D eigenvalue weighted by Crippen LogP contribution is 2.30. The Balaban J connectivity index is 1.79. The first-order valence-electron chi connectivity index (χ1n) is 10.7. The van der Waals surface area contributed by atoms with Gasteiger partial charge in [-0.25, -0.2) is 8.42 Å². The van der Waals surface area contributed by atoms with Crippen molar-refractivity contribution < 1.29 is 13.2 Å². The first kappa shape index (κ1) is 22.5. The second kappa shape index (κ2) is 9.86. The van der Waals surface area contributed by atoms with Crippen LogP contribution in [-0.2, 0) is 21.4 Å². The molecule has 3 aromatic carbocycles. The summed E-state index contributed by atoms with van der Waals surface area (Å²) in [6.45, 7) is 0.652. The van der Waals surface area contributed by atoms with Crippen molar-refractivity contribution in [2.24, 2.45) is 0 Å². The summed E-state index contributed by atoms with van der Waals surface area (Å²) in [4.78, 5) is 13.0. The number of benzene rings is 3. The van der Waals surface area contributed by atoms with Gasteiger partial charge in [0.15, 0.2) is 0 Å². The molecule has 1 fully saturated rings. The molecule has 0 unspecified atom stereocenters. The summed E-state index contributed by atoms with van der Waals surface area (Å²) in [6, 6.07) is 22.9. The van der Waals surface area contributed by atoms with Crippen LogP contribution in [0.2, 0.25) is 5.02 Å². The number of hydrogen-bond donors (Lipinski definition) is 1. The van der Waals surface area contributed by atoms with Gasteiger partial charge in [0.1, 0.15) is 6.04 Å². The normalized spacial score (nSPS) is 17.1. The van der Waals surface area contributed by atoms with E-state index in [0.717, 1.165) is 29.5 Å². The number of carbonyl (C=O) groups is 1. The molecule has 3 aromatic rings. The Labute approximate surface area is 194 Å². The van der Waals surface area contributed by atoms with Gasteiger partial charge in [0.25, 0.3) is 0 Å². The van der Waals surface area contributed by atoms with Gasteiger partial charge in [0, 0.05) is 18.1 Å². The van der Waals surface area contributed by atoms with Gasteiger partial charge in [-0.1, -0.05) is 66.2 Å². The lowest BCUT2D eigenvalue weighted by Gasteiger charge is -2.30. The lowest BCUT2D eigenvalue weighted by Crippen LogP contribution is -2.48. The number of nitrogens with zero attached hydrogens (tertiary/aromatic N) is 1. The molecular weight excluding hydrogens is 444 g/mol. The van der Waals surface area contributed by atoms with Crippen LogP contribution in [0.1, 0.15) is 24.8 Å². The Morgan fingerprint density at radius 2 is 1.59 bits per heavy atom. The molecule has 0 bridgehead atoms. The van der Waals surface area contributed by atoms with E-state index in [1.54, 1.807) is 12.1 Å². The molecule has 32 heavy (non-hydrogen) atoms. The number of rotatable bonds is 6. The average molecular weight is 469 g/mol. The highest BCUT2D eigenvalue weighted by Gasteiger charge is 2.36. The van der Waals surface area contributed by atoms with Crippen molar-refractivity contribution in [2.75, 3.05) is 6.54 Å². The zero-order valence-corrected chi connectivity index (χ0v) is 19.1. The predicted molar refractivity (Wildman–Crippen MR) is 127 cm³/mol. The molecule has 1 saturated heterocycles. The fourth-order valence-electron chi connectivity index (χ4n) is 4.03. The van der Waals surface area contributed by atoms with Gasteiger partial charge in [0.2, 0.25) is 15.9 Å². The van der Waals surface area contributed by atoms with E-state index in [9.17, 15) is 13.2 Å².